The van der Waals surface area contributed by atoms with Crippen LogP contribution in [-0.4, -0.2) is 5.78 Å². The first-order valence-electron chi connectivity index (χ1n) is 11.8. The Morgan fingerprint density at radius 1 is 0.750 bits per heavy atom. The van der Waals surface area contributed by atoms with E-state index in [4.69, 9.17) is 4.74 Å². The summed E-state index contributed by atoms with van der Waals surface area (Å²) in [6.45, 7) is 15.7. The van der Waals surface area contributed by atoms with E-state index in [0.717, 1.165) is 34.5 Å². The van der Waals surface area contributed by atoms with Crippen molar-refractivity contribution in [2.24, 2.45) is 16.2 Å². The van der Waals surface area contributed by atoms with Crippen LogP contribution in [0.4, 0.5) is 0 Å². The Morgan fingerprint density at radius 3 is 1.88 bits per heavy atom. The molecule has 0 N–H and O–H groups in total. The third-order valence-electron chi connectivity index (χ3n) is 8.35. The Hall–Kier alpha value is -2.61. The van der Waals surface area contributed by atoms with E-state index in [9.17, 15) is 4.79 Å². The molecule has 2 aliphatic carbocycles. The second kappa shape index (κ2) is 6.47. The van der Waals surface area contributed by atoms with Crippen molar-refractivity contribution in [3.8, 4) is 0 Å². The van der Waals surface area contributed by atoms with Gasteiger partial charge in [0.15, 0.2) is 11.4 Å². The Labute approximate surface area is 192 Å². The van der Waals surface area contributed by atoms with Gasteiger partial charge in [-0.1, -0.05) is 102 Å². The number of ether oxygens (including phenoxy) is 1. The van der Waals surface area contributed by atoms with Crippen LogP contribution in [0.2, 0.25) is 0 Å². The van der Waals surface area contributed by atoms with Crippen LogP contribution in [0, 0.1) is 23.2 Å². The summed E-state index contributed by atoms with van der Waals surface area (Å²) in [6.07, 6.45) is 1.34. The van der Waals surface area contributed by atoms with Crippen LogP contribution in [0.15, 0.2) is 77.1 Å². The van der Waals surface area contributed by atoms with Gasteiger partial charge in [-0.2, -0.15) is 0 Å². The number of aryl methyl sites for hydroxylation is 1. The molecule has 3 aliphatic rings. The summed E-state index contributed by atoms with van der Waals surface area (Å²) in [7, 11) is 0. The second-order valence-corrected chi connectivity index (χ2v) is 11.8. The summed E-state index contributed by atoms with van der Waals surface area (Å²) in [6, 6.07) is 19.1. The van der Waals surface area contributed by atoms with Gasteiger partial charge in [-0.25, -0.2) is 0 Å². The van der Waals surface area contributed by atoms with E-state index < -0.39 is 5.60 Å². The third-order valence-corrected chi connectivity index (χ3v) is 8.35. The minimum Gasteiger partial charge on any atom is -0.477 e. The molecule has 2 heteroatoms. The maximum absolute atomic E-state index is 13.7. The predicted molar refractivity (Wildman–Crippen MR) is 129 cm³/mol. The van der Waals surface area contributed by atoms with E-state index in [1.54, 1.807) is 0 Å². The van der Waals surface area contributed by atoms with Crippen molar-refractivity contribution in [2.45, 2.75) is 66.9 Å². The van der Waals surface area contributed by atoms with Crippen molar-refractivity contribution in [3.63, 3.8) is 0 Å². The van der Waals surface area contributed by atoms with E-state index in [1.165, 1.54) is 11.1 Å². The lowest BCUT2D eigenvalue weighted by Crippen LogP contribution is -2.31. The quantitative estimate of drug-likeness (QED) is 0.504. The van der Waals surface area contributed by atoms with E-state index in [2.05, 4.69) is 97.0 Å². The van der Waals surface area contributed by atoms with Crippen molar-refractivity contribution in [3.05, 3.63) is 93.8 Å². The lowest BCUT2D eigenvalue weighted by atomic mass is 9.71. The van der Waals surface area contributed by atoms with Crippen molar-refractivity contribution in [1.29, 1.82) is 0 Å². The smallest absolute Gasteiger partial charge is 0.184 e. The number of carbonyl (C=O) groups is 1. The molecule has 1 aliphatic heterocycles. The minimum absolute atomic E-state index is 0.00607. The molecule has 1 heterocycles. The third kappa shape index (κ3) is 2.74. The molecule has 0 radical (unpaired) electrons. The van der Waals surface area contributed by atoms with Gasteiger partial charge in [-0.15, -0.1) is 0 Å². The number of ketones is 1. The van der Waals surface area contributed by atoms with E-state index >= 15 is 0 Å². The standard InChI is InChI=1S/C30H34O2/c1-19-13-15-21(16-14-19)30(20-11-9-8-10-12-20)25(26-28(4,5)29(26,6)7)24-22(31)17-27(2,3)18-23(24)32-30/h8-16H,17-18H2,1-7H3. The second-order valence-electron chi connectivity index (χ2n) is 11.8. The van der Waals surface area contributed by atoms with Crippen molar-refractivity contribution in [1.82, 2.24) is 0 Å². The van der Waals surface area contributed by atoms with E-state index in [0.29, 0.717) is 6.42 Å². The molecular weight excluding hydrogens is 392 g/mol. The van der Waals surface area contributed by atoms with E-state index in [1.807, 2.05) is 6.07 Å². The molecule has 0 aromatic heterocycles. The molecule has 1 saturated carbocycles. The zero-order valence-corrected chi connectivity index (χ0v) is 20.4. The first-order valence-corrected chi connectivity index (χ1v) is 11.8. The minimum atomic E-state index is -0.796. The monoisotopic (exact) mass is 426 g/mol. The molecule has 2 nitrogen and oxygen atoms in total. The Kier molecular flexibility index (Phi) is 4.29. The first-order chi connectivity index (χ1) is 14.9. The molecule has 1 atom stereocenters. The summed E-state index contributed by atoms with van der Waals surface area (Å²) in [4.78, 5) is 13.7. The molecule has 32 heavy (non-hydrogen) atoms. The van der Waals surface area contributed by atoms with Gasteiger partial charge in [0.05, 0.1) is 5.57 Å². The molecule has 2 aromatic rings. The number of hydrogen-bond donors (Lipinski definition) is 0. The highest BCUT2D eigenvalue weighted by molar-refractivity contribution is 6.04. The largest absolute Gasteiger partial charge is 0.477 e. The number of hydrogen-bond acceptors (Lipinski definition) is 2. The first kappa shape index (κ1) is 21.2. The fraction of sp³-hybridized carbons (Fsp3) is 0.433. The van der Waals surface area contributed by atoms with Gasteiger partial charge >= 0.3 is 0 Å². The average Bonchev–Trinajstić information content (AvgIpc) is 2.95. The van der Waals surface area contributed by atoms with Crippen LogP contribution in [0.25, 0.3) is 0 Å². The molecule has 2 aromatic carbocycles. The van der Waals surface area contributed by atoms with Crippen LogP contribution in [0.5, 0.6) is 0 Å². The van der Waals surface area contributed by atoms with Crippen LogP contribution < -0.4 is 0 Å². The molecule has 0 amide bonds. The average molecular weight is 427 g/mol. The predicted octanol–water partition coefficient (Wildman–Crippen LogP) is 7.27. The Morgan fingerprint density at radius 2 is 1.31 bits per heavy atom. The van der Waals surface area contributed by atoms with E-state index in [-0.39, 0.29) is 22.0 Å². The zero-order valence-electron chi connectivity index (χ0n) is 20.4. The number of Topliss-reactive ketones (excluding diaryl/α,β-unsaturated/α-hetero) is 1. The Balaban J connectivity index is 1.88. The van der Waals surface area contributed by atoms with Gasteiger partial charge in [0.1, 0.15) is 5.76 Å². The number of carbonyl (C=O) groups excluding carboxylic acids is 1. The maximum Gasteiger partial charge on any atom is 0.184 e. The molecule has 0 saturated heterocycles. The zero-order chi connectivity index (χ0) is 23.1. The van der Waals surface area contributed by atoms with Crippen molar-refractivity contribution >= 4 is 5.78 Å². The number of allylic oxidation sites excluding steroid dienone is 2. The normalized spacial score (nSPS) is 27.3. The molecule has 5 rings (SSSR count). The Bertz CT molecular complexity index is 1160. The van der Waals surface area contributed by atoms with Crippen LogP contribution in [-0.2, 0) is 15.1 Å². The maximum atomic E-state index is 13.7. The SMILES string of the molecule is Cc1ccc(C2(c3ccccc3)OC3=C(C(=O)CC(C)(C)C3)C2=C2C(C)(C)C2(C)C)cc1. The molecule has 0 spiro atoms. The van der Waals surface area contributed by atoms with Crippen molar-refractivity contribution in [2.75, 3.05) is 0 Å². The number of benzene rings is 2. The molecule has 166 valence electrons. The van der Waals surface area contributed by atoms with Gasteiger partial charge < -0.3 is 4.74 Å². The summed E-state index contributed by atoms with van der Waals surface area (Å²) in [5.41, 5.74) is 5.83. The molecular formula is C30H34O2. The number of rotatable bonds is 2. The fourth-order valence-electron chi connectivity index (χ4n) is 6.03. The molecule has 1 fully saturated rings. The molecule has 1 unspecified atom stereocenters. The lowest BCUT2D eigenvalue weighted by molar-refractivity contribution is -0.118. The lowest BCUT2D eigenvalue weighted by Gasteiger charge is -2.34. The van der Waals surface area contributed by atoms with Crippen LogP contribution in [0.1, 0.15) is 71.1 Å². The van der Waals surface area contributed by atoms with Gasteiger partial charge in [-0.3, -0.25) is 4.79 Å². The van der Waals surface area contributed by atoms with Crippen LogP contribution in [0.3, 0.4) is 0 Å². The highest BCUT2D eigenvalue weighted by atomic mass is 16.5. The van der Waals surface area contributed by atoms with Crippen molar-refractivity contribution < 1.29 is 9.53 Å². The highest BCUT2D eigenvalue weighted by Crippen LogP contribution is 2.73. The van der Waals surface area contributed by atoms with Gasteiger partial charge in [0, 0.05) is 29.5 Å². The van der Waals surface area contributed by atoms with Gasteiger partial charge in [0.2, 0.25) is 0 Å². The fourth-order valence-corrected chi connectivity index (χ4v) is 6.03. The molecule has 0 bridgehead atoms. The summed E-state index contributed by atoms with van der Waals surface area (Å²) >= 11 is 0. The highest BCUT2D eigenvalue weighted by Gasteiger charge is 2.66. The topological polar surface area (TPSA) is 26.3 Å². The van der Waals surface area contributed by atoms with Gasteiger partial charge in [0.25, 0.3) is 0 Å². The summed E-state index contributed by atoms with van der Waals surface area (Å²) in [5.74, 6) is 1.10. The van der Waals surface area contributed by atoms with Gasteiger partial charge in [-0.05, 0) is 28.7 Å². The summed E-state index contributed by atoms with van der Waals surface area (Å²) < 4.78 is 7.07. The van der Waals surface area contributed by atoms with Crippen LogP contribution >= 0.6 is 0 Å². The summed E-state index contributed by atoms with van der Waals surface area (Å²) in [5, 5.41) is 0.